The Hall–Kier alpha value is -1.58. The maximum Gasteiger partial charge on any atom is 0.310 e. The van der Waals surface area contributed by atoms with Crippen LogP contribution >= 0.6 is 0 Å². The van der Waals surface area contributed by atoms with Crippen LogP contribution in [-0.4, -0.2) is 19.7 Å². The number of hydrogen-bond donors (Lipinski definition) is 0. The molecule has 0 unspecified atom stereocenters. The first-order valence-electron chi connectivity index (χ1n) is 5.07. The maximum atomic E-state index is 13.3. The molecule has 3 nitrogen and oxygen atoms in total. The molecule has 0 atom stereocenters. The van der Waals surface area contributed by atoms with Gasteiger partial charge < -0.3 is 9.47 Å². The van der Waals surface area contributed by atoms with Crippen LogP contribution in [-0.2, 0) is 16.0 Å². The lowest BCUT2D eigenvalue weighted by Crippen LogP contribution is -2.09. The molecule has 4 heteroatoms. The summed E-state index contributed by atoms with van der Waals surface area (Å²) in [5.74, 6) is -0.600. The number of halogens is 1. The molecule has 0 heterocycles. The van der Waals surface area contributed by atoms with Crippen LogP contribution in [0.4, 0.5) is 4.39 Å². The van der Waals surface area contributed by atoms with Crippen LogP contribution in [0.1, 0.15) is 18.1 Å². The fourth-order valence-corrected chi connectivity index (χ4v) is 1.41. The van der Waals surface area contributed by atoms with Gasteiger partial charge in [-0.3, -0.25) is 4.79 Å². The Morgan fingerprint density at radius 2 is 2.12 bits per heavy atom. The third kappa shape index (κ3) is 2.95. The van der Waals surface area contributed by atoms with E-state index in [0.717, 1.165) is 5.56 Å². The first-order valence-corrected chi connectivity index (χ1v) is 5.07. The second-order valence-electron chi connectivity index (χ2n) is 3.40. The van der Waals surface area contributed by atoms with Gasteiger partial charge in [0.25, 0.3) is 0 Å². The summed E-state index contributed by atoms with van der Waals surface area (Å²) in [7, 11) is 1.39. The van der Waals surface area contributed by atoms with E-state index in [4.69, 9.17) is 9.47 Å². The molecular formula is C12H15FO3. The quantitative estimate of drug-likeness (QED) is 0.739. The number of ether oxygens (including phenoxy) is 2. The minimum Gasteiger partial charge on any atom is -0.494 e. The number of rotatable bonds is 4. The van der Waals surface area contributed by atoms with E-state index in [9.17, 15) is 9.18 Å². The van der Waals surface area contributed by atoms with Crippen molar-refractivity contribution in [2.24, 2.45) is 0 Å². The summed E-state index contributed by atoms with van der Waals surface area (Å²) >= 11 is 0. The Bertz CT molecular complexity index is 388. The van der Waals surface area contributed by atoms with Crippen LogP contribution in [0.2, 0.25) is 0 Å². The van der Waals surface area contributed by atoms with Gasteiger partial charge in [-0.2, -0.15) is 0 Å². The lowest BCUT2D eigenvalue weighted by atomic mass is 10.1. The average Bonchev–Trinajstić information content (AvgIpc) is 2.22. The molecule has 0 bridgehead atoms. The van der Waals surface area contributed by atoms with Crippen molar-refractivity contribution in [2.75, 3.05) is 13.7 Å². The molecule has 0 saturated carbocycles. The van der Waals surface area contributed by atoms with E-state index in [-0.39, 0.29) is 18.1 Å². The fourth-order valence-electron chi connectivity index (χ4n) is 1.41. The van der Waals surface area contributed by atoms with Gasteiger partial charge in [0.2, 0.25) is 0 Å². The zero-order chi connectivity index (χ0) is 12.1. The summed E-state index contributed by atoms with van der Waals surface area (Å²) < 4.78 is 23.0. The van der Waals surface area contributed by atoms with Crippen molar-refractivity contribution in [2.45, 2.75) is 20.3 Å². The van der Waals surface area contributed by atoms with E-state index in [1.807, 2.05) is 0 Å². The van der Waals surface area contributed by atoms with E-state index < -0.39 is 5.82 Å². The molecule has 0 amide bonds. The number of esters is 1. The third-order valence-electron chi connectivity index (χ3n) is 2.25. The highest BCUT2D eigenvalue weighted by Crippen LogP contribution is 2.22. The van der Waals surface area contributed by atoms with Crippen LogP contribution in [0.5, 0.6) is 5.75 Å². The lowest BCUT2D eigenvalue weighted by Gasteiger charge is -2.09. The molecular weight excluding hydrogens is 211 g/mol. The molecule has 0 aromatic heterocycles. The van der Waals surface area contributed by atoms with Gasteiger partial charge in [0.15, 0.2) is 11.6 Å². The lowest BCUT2D eigenvalue weighted by molar-refractivity contribution is -0.142. The van der Waals surface area contributed by atoms with Crippen molar-refractivity contribution in [3.05, 3.63) is 29.1 Å². The van der Waals surface area contributed by atoms with Gasteiger partial charge in [-0.1, -0.05) is 0 Å². The van der Waals surface area contributed by atoms with Crippen LogP contribution in [0.25, 0.3) is 0 Å². The van der Waals surface area contributed by atoms with E-state index in [2.05, 4.69) is 0 Å². The molecule has 1 aromatic rings. The Labute approximate surface area is 94.2 Å². The molecule has 0 aliphatic carbocycles. The fraction of sp³-hybridized carbons (Fsp3) is 0.417. The second kappa shape index (κ2) is 5.49. The molecule has 0 radical (unpaired) electrons. The predicted molar refractivity (Wildman–Crippen MR) is 58.0 cm³/mol. The van der Waals surface area contributed by atoms with Gasteiger partial charge in [0, 0.05) is 0 Å². The van der Waals surface area contributed by atoms with Gasteiger partial charge in [0.05, 0.1) is 20.1 Å². The second-order valence-corrected chi connectivity index (χ2v) is 3.40. The Morgan fingerprint density at radius 3 is 2.69 bits per heavy atom. The first kappa shape index (κ1) is 12.5. The number of carbonyl (C=O) groups is 1. The Morgan fingerprint density at radius 1 is 1.44 bits per heavy atom. The molecule has 0 aliphatic heterocycles. The zero-order valence-electron chi connectivity index (χ0n) is 9.67. The van der Waals surface area contributed by atoms with Gasteiger partial charge >= 0.3 is 5.97 Å². The van der Waals surface area contributed by atoms with Crippen molar-refractivity contribution in [1.82, 2.24) is 0 Å². The van der Waals surface area contributed by atoms with Crippen molar-refractivity contribution in [1.29, 1.82) is 0 Å². The SMILES string of the molecule is CCOC(=O)Cc1cc(OC)c(F)cc1C. The van der Waals surface area contributed by atoms with Crippen molar-refractivity contribution in [3.63, 3.8) is 0 Å². The minimum atomic E-state index is -0.424. The van der Waals surface area contributed by atoms with E-state index in [1.54, 1.807) is 13.8 Å². The molecule has 1 aromatic carbocycles. The number of carbonyl (C=O) groups excluding carboxylic acids is 1. The summed E-state index contributed by atoms with van der Waals surface area (Å²) in [4.78, 5) is 11.3. The Balaban J connectivity index is 2.91. The van der Waals surface area contributed by atoms with E-state index >= 15 is 0 Å². The molecule has 0 saturated heterocycles. The largest absolute Gasteiger partial charge is 0.494 e. The highest BCUT2D eigenvalue weighted by Gasteiger charge is 2.11. The minimum absolute atomic E-state index is 0.135. The topological polar surface area (TPSA) is 35.5 Å². The first-order chi connectivity index (χ1) is 7.58. The number of methoxy groups -OCH3 is 1. The van der Waals surface area contributed by atoms with E-state index in [1.165, 1.54) is 19.2 Å². The summed E-state index contributed by atoms with van der Waals surface area (Å²) in [6, 6.07) is 2.88. The molecule has 1 rings (SSSR count). The zero-order valence-corrected chi connectivity index (χ0v) is 9.67. The molecule has 0 spiro atoms. The normalized spacial score (nSPS) is 10.0. The molecule has 16 heavy (non-hydrogen) atoms. The summed E-state index contributed by atoms with van der Waals surface area (Å²) in [6.45, 7) is 3.84. The van der Waals surface area contributed by atoms with Crippen LogP contribution in [0, 0.1) is 12.7 Å². The summed E-state index contributed by atoms with van der Waals surface area (Å²) in [5.41, 5.74) is 1.43. The molecule has 0 fully saturated rings. The highest BCUT2D eigenvalue weighted by molar-refractivity contribution is 5.73. The van der Waals surface area contributed by atoms with Crippen LogP contribution in [0.3, 0.4) is 0 Å². The molecule has 0 N–H and O–H groups in total. The van der Waals surface area contributed by atoms with Crippen molar-refractivity contribution < 1.29 is 18.7 Å². The number of hydrogen-bond acceptors (Lipinski definition) is 3. The highest BCUT2D eigenvalue weighted by atomic mass is 19.1. The third-order valence-corrected chi connectivity index (χ3v) is 2.25. The smallest absolute Gasteiger partial charge is 0.310 e. The summed E-state index contributed by atoms with van der Waals surface area (Å²) in [5, 5.41) is 0. The maximum absolute atomic E-state index is 13.3. The van der Waals surface area contributed by atoms with E-state index in [0.29, 0.717) is 12.2 Å². The predicted octanol–water partition coefficient (Wildman–Crippen LogP) is 2.25. The van der Waals surface area contributed by atoms with Crippen molar-refractivity contribution in [3.8, 4) is 5.75 Å². The van der Waals surface area contributed by atoms with Gasteiger partial charge in [-0.15, -0.1) is 0 Å². The Kier molecular flexibility index (Phi) is 4.28. The van der Waals surface area contributed by atoms with Crippen LogP contribution < -0.4 is 4.74 Å². The van der Waals surface area contributed by atoms with Crippen LogP contribution in [0.15, 0.2) is 12.1 Å². The molecule has 88 valence electrons. The molecule has 0 aliphatic rings. The standard InChI is InChI=1S/C12H15FO3/c1-4-16-12(14)7-9-6-11(15-3)10(13)5-8(9)2/h5-6H,4,7H2,1-3H3. The van der Waals surface area contributed by atoms with Gasteiger partial charge in [0.1, 0.15) is 0 Å². The monoisotopic (exact) mass is 226 g/mol. The average molecular weight is 226 g/mol. The summed E-state index contributed by atoms with van der Waals surface area (Å²) in [6.07, 6.45) is 0.135. The van der Waals surface area contributed by atoms with Gasteiger partial charge in [-0.25, -0.2) is 4.39 Å². The van der Waals surface area contributed by atoms with Gasteiger partial charge in [-0.05, 0) is 37.1 Å². The van der Waals surface area contributed by atoms with Crippen molar-refractivity contribution >= 4 is 5.97 Å². The number of aryl methyl sites for hydroxylation is 1. The number of benzene rings is 1.